The first-order valence-corrected chi connectivity index (χ1v) is 9.72. The Labute approximate surface area is 183 Å². The van der Waals surface area contributed by atoms with Gasteiger partial charge in [0.25, 0.3) is 5.91 Å². The number of aromatic nitrogens is 3. The highest BCUT2D eigenvalue weighted by molar-refractivity contribution is 5.92. The van der Waals surface area contributed by atoms with Crippen molar-refractivity contribution in [2.75, 3.05) is 7.05 Å². The number of imidazole rings is 1. The SMILES string of the molecule is CNC(=O)c1cc(Oc2ccc3c(c2)nc(Cc2ccc(C(F)(F)F)cc2)n3C)ccn1.[HH]. The number of ether oxygens (including phenoxy) is 1. The highest BCUT2D eigenvalue weighted by atomic mass is 19.4. The van der Waals surface area contributed by atoms with E-state index < -0.39 is 11.7 Å². The Kier molecular flexibility index (Phi) is 5.56. The molecule has 0 unspecified atom stereocenters. The lowest BCUT2D eigenvalue weighted by Gasteiger charge is -2.08. The van der Waals surface area contributed by atoms with Gasteiger partial charge in [-0.25, -0.2) is 4.98 Å². The summed E-state index contributed by atoms with van der Waals surface area (Å²) in [5.74, 6) is 1.39. The van der Waals surface area contributed by atoms with Gasteiger partial charge >= 0.3 is 6.18 Å². The number of carbonyl (C=O) groups is 1. The Morgan fingerprint density at radius 1 is 1.09 bits per heavy atom. The number of hydrogen-bond acceptors (Lipinski definition) is 4. The van der Waals surface area contributed by atoms with E-state index >= 15 is 0 Å². The van der Waals surface area contributed by atoms with E-state index in [0.717, 1.165) is 23.2 Å². The average Bonchev–Trinajstić information content (AvgIpc) is 3.07. The van der Waals surface area contributed by atoms with E-state index in [1.54, 1.807) is 18.2 Å². The summed E-state index contributed by atoms with van der Waals surface area (Å²) in [6, 6.07) is 13.7. The van der Waals surface area contributed by atoms with E-state index in [4.69, 9.17) is 4.74 Å². The lowest BCUT2D eigenvalue weighted by molar-refractivity contribution is -0.137. The number of nitrogens with zero attached hydrogens (tertiary/aromatic N) is 3. The van der Waals surface area contributed by atoms with Gasteiger partial charge in [-0.15, -0.1) is 0 Å². The second kappa shape index (κ2) is 8.33. The topological polar surface area (TPSA) is 69.0 Å². The summed E-state index contributed by atoms with van der Waals surface area (Å²) in [5, 5.41) is 2.51. The fourth-order valence-corrected chi connectivity index (χ4v) is 3.31. The predicted octanol–water partition coefficient (Wildman–Crippen LogP) is 4.98. The number of nitrogens with one attached hydrogen (secondary N) is 1. The molecule has 0 bridgehead atoms. The van der Waals surface area contributed by atoms with Gasteiger partial charge in [-0.05, 0) is 35.9 Å². The zero-order valence-corrected chi connectivity index (χ0v) is 17.3. The standard InChI is InChI=1S/C23H19F3N4O2.H2/c1-27-22(31)19-13-17(9-10-28-19)32-16-7-8-20-18(12-16)29-21(30(20)2)11-14-3-5-15(6-4-14)23(24,25)26;/h3-10,12-13H,11H2,1-2H3,(H,27,31);1H. The van der Waals surface area contributed by atoms with Crippen LogP contribution in [0.25, 0.3) is 11.0 Å². The molecule has 0 fully saturated rings. The molecule has 166 valence electrons. The molecular formula is C23H21F3N4O2. The van der Waals surface area contributed by atoms with Crippen molar-refractivity contribution in [3.63, 3.8) is 0 Å². The summed E-state index contributed by atoms with van der Waals surface area (Å²) < 4.78 is 46.1. The zero-order valence-electron chi connectivity index (χ0n) is 17.3. The number of fused-ring (bicyclic) bond motifs is 1. The summed E-state index contributed by atoms with van der Waals surface area (Å²) in [6.45, 7) is 0. The molecule has 0 spiro atoms. The maximum Gasteiger partial charge on any atom is 0.416 e. The molecule has 0 saturated heterocycles. The molecule has 0 aliphatic carbocycles. The van der Waals surface area contributed by atoms with Crippen molar-refractivity contribution in [1.82, 2.24) is 19.9 Å². The van der Waals surface area contributed by atoms with Crippen LogP contribution >= 0.6 is 0 Å². The second-order valence-corrected chi connectivity index (χ2v) is 7.17. The number of amides is 1. The van der Waals surface area contributed by atoms with E-state index in [1.165, 1.54) is 31.4 Å². The van der Waals surface area contributed by atoms with Crippen LogP contribution in [-0.2, 0) is 19.6 Å². The number of rotatable bonds is 5. The minimum absolute atomic E-state index is 0. The molecule has 2 aromatic heterocycles. The van der Waals surface area contributed by atoms with Gasteiger partial charge in [0.2, 0.25) is 0 Å². The summed E-state index contributed by atoms with van der Waals surface area (Å²) in [4.78, 5) is 20.4. The zero-order chi connectivity index (χ0) is 22.9. The molecule has 4 aromatic rings. The van der Waals surface area contributed by atoms with E-state index in [1.807, 2.05) is 17.7 Å². The van der Waals surface area contributed by atoms with Crippen LogP contribution in [0.15, 0.2) is 60.8 Å². The normalized spacial score (nSPS) is 11.5. The van der Waals surface area contributed by atoms with Gasteiger partial charge in [0.1, 0.15) is 23.0 Å². The van der Waals surface area contributed by atoms with Crippen LogP contribution in [0, 0.1) is 0 Å². The predicted molar refractivity (Wildman–Crippen MR) is 115 cm³/mol. The molecule has 0 atom stereocenters. The van der Waals surface area contributed by atoms with Crippen LogP contribution in [0.1, 0.15) is 28.9 Å². The molecule has 0 aliphatic rings. The molecule has 2 aromatic carbocycles. The van der Waals surface area contributed by atoms with E-state index in [2.05, 4.69) is 15.3 Å². The molecule has 32 heavy (non-hydrogen) atoms. The fraction of sp³-hybridized carbons (Fsp3) is 0.174. The number of pyridine rings is 1. The third kappa shape index (κ3) is 4.41. The number of hydrogen-bond donors (Lipinski definition) is 1. The lowest BCUT2D eigenvalue weighted by atomic mass is 10.1. The van der Waals surface area contributed by atoms with Crippen molar-refractivity contribution in [1.29, 1.82) is 0 Å². The van der Waals surface area contributed by atoms with E-state index in [9.17, 15) is 18.0 Å². The first-order chi connectivity index (χ1) is 15.2. The van der Waals surface area contributed by atoms with Crippen molar-refractivity contribution >= 4 is 16.9 Å². The van der Waals surface area contributed by atoms with E-state index in [-0.39, 0.29) is 13.0 Å². The monoisotopic (exact) mass is 442 g/mol. The first-order valence-electron chi connectivity index (χ1n) is 9.72. The highest BCUT2D eigenvalue weighted by Gasteiger charge is 2.30. The molecule has 2 heterocycles. The number of benzene rings is 2. The van der Waals surface area contributed by atoms with Crippen molar-refractivity contribution in [3.8, 4) is 11.5 Å². The second-order valence-electron chi connectivity index (χ2n) is 7.17. The van der Waals surface area contributed by atoms with E-state index in [0.29, 0.717) is 29.3 Å². The smallest absolute Gasteiger partial charge is 0.416 e. The minimum atomic E-state index is -4.36. The maximum absolute atomic E-state index is 12.8. The van der Waals surface area contributed by atoms with Crippen molar-refractivity contribution < 1.29 is 24.1 Å². The number of carbonyl (C=O) groups excluding carboxylic acids is 1. The van der Waals surface area contributed by atoms with Gasteiger partial charge in [-0.2, -0.15) is 13.2 Å². The number of aryl methyl sites for hydroxylation is 1. The largest absolute Gasteiger partial charge is 0.457 e. The third-order valence-corrected chi connectivity index (χ3v) is 5.02. The van der Waals surface area contributed by atoms with Crippen molar-refractivity contribution in [3.05, 3.63) is 83.4 Å². The van der Waals surface area contributed by atoms with Gasteiger partial charge in [0.05, 0.1) is 16.6 Å². The lowest BCUT2D eigenvalue weighted by Crippen LogP contribution is -2.18. The van der Waals surface area contributed by atoms with Gasteiger partial charge in [-0.3, -0.25) is 9.78 Å². The quantitative estimate of drug-likeness (QED) is 0.474. The summed E-state index contributed by atoms with van der Waals surface area (Å²) >= 11 is 0. The molecule has 1 N–H and O–H groups in total. The Balaban J connectivity index is 0.00000306. The Hall–Kier alpha value is -3.88. The molecule has 4 rings (SSSR count). The summed E-state index contributed by atoms with van der Waals surface area (Å²) in [7, 11) is 3.38. The Morgan fingerprint density at radius 2 is 1.81 bits per heavy atom. The number of halogens is 3. The van der Waals surface area contributed by atoms with Gasteiger partial charge < -0.3 is 14.6 Å². The van der Waals surface area contributed by atoms with Crippen LogP contribution in [-0.4, -0.2) is 27.5 Å². The number of alkyl halides is 3. The van der Waals surface area contributed by atoms with Gasteiger partial charge in [0.15, 0.2) is 0 Å². The molecule has 6 nitrogen and oxygen atoms in total. The Morgan fingerprint density at radius 3 is 2.50 bits per heavy atom. The van der Waals surface area contributed by atoms with Crippen LogP contribution in [0.4, 0.5) is 13.2 Å². The molecule has 0 aliphatic heterocycles. The Bertz CT molecular complexity index is 1290. The van der Waals surface area contributed by atoms with Crippen LogP contribution in [0.5, 0.6) is 11.5 Å². The summed E-state index contributed by atoms with van der Waals surface area (Å²) in [6.07, 6.45) is -2.48. The van der Waals surface area contributed by atoms with Gasteiger partial charge in [-0.1, -0.05) is 12.1 Å². The van der Waals surface area contributed by atoms with Crippen molar-refractivity contribution in [2.45, 2.75) is 12.6 Å². The average molecular weight is 442 g/mol. The van der Waals surface area contributed by atoms with Crippen LogP contribution in [0.2, 0.25) is 0 Å². The first kappa shape index (κ1) is 21.4. The van der Waals surface area contributed by atoms with Gasteiger partial charge in [0, 0.05) is 40.3 Å². The molecule has 9 heteroatoms. The van der Waals surface area contributed by atoms with Crippen LogP contribution in [0.3, 0.4) is 0 Å². The maximum atomic E-state index is 12.8. The fourth-order valence-electron chi connectivity index (χ4n) is 3.31. The van der Waals surface area contributed by atoms with Crippen molar-refractivity contribution in [2.24, 2.45) is 7.05 Å². The molecule has 1 amide bonds. The molecule has 0 radical (unpaired) electrons. The molecule has 0 saturated carbocycles. The van der Waals surface area contributed by atoms with Crippen LogP contribution < -0.4 is 10.1 Å². The summed E-state index contributed by atoms with van der Waals surface area (Å²) in [5.41, 5.74) is 1.84. The minimum Gasteiger partial charge on any atom is -0.457 e. The highest BCUT2D eigenvalue weighted by Crippen LogP contribution is 2.30. The molecular weight excluding hydrogens is 421 g/mol. The third-order valence-electron chi connectivity index (χ3n) is 5.02.